The first-order chi connectivity index (χ1) is 11.1. The lowest BCUT2D eigenvalue weighted by Crippen LogP contribution is -2.34. The van der Waals surface area contributed by atoms with E-state index in [2.05, 4.69) is 10.3 Å². The van der Waals surface area contributed by atoms with Gasteiger partial charge in [0, 0.05) is 18.5 Å². The van der Waals surface area contributed by atoms with Crippen LogP contribution in [0, 0.1) is 0 Å². The molecule has 0 bridgehead atoms. The predicted molar refractivity (Wildman–Crippen MR) is 84.1 cm³/mol. The van der Waals surface area contributed by atoms with Crippen molar-refractivity contribution in [3.05, 3.63) is 53.7 Å². The van der Waals surface area contributed by atoms with Gasteiger partial charge in [0.1, 0.15) is 5.70 Å². The molecule has 2 heterocycles. The second-order valence-corrected chi connectivity index (χ2v) is 5.21. The predicted octanol–water partition coefficient (Wildman–Crippen LogP) is 1.18. The Bertz CT molecular complexity index is 786. The number of halogens is 1. The molecule has 1 aliphatic rings. The molecule has 0 radical (unpaired) electrons. The van der Waals surface area contributed by atoms with Gasteiger partial charge in [-0.3, -0.25) is 14.5 Å². The highest BCUT2D eigenvalue weighted by Gasteiger charge is 2.31. The Labute approximate surface area is 136 Å². The lowest BCUT2D eigenvalue weighted by Gasteiger charge is -2.16. The molecule has 2 amide bonds. The summed E-state index contributed by atoms with van der Waals surface area (Å²) in [5.41, 5.74) is 1.31. The van der Waals surface area contributed by atoms with E-state index >= 15 is 0 Å². The van der Waals surface area contributed by atoms with Gasteiger partial charge in [0.25, 0.3) is 11.8 Å². The molecular weight excluding hydrogens is 320 g/mol. The van der Waals surface area contributed by atoms with Crippen molar-refractivity contribution in [1.29, 1.82) is 0 Å². The molecule has 2 aromatic rings. The number of nitrogens with zero attached hydrogens (tertiary/aromatic N) is 3. The third kappa shape index (κ3) is 2.84. The quantitative estimate of drug-likeness (QED) is 0.803. The van der Waals surface area contributed by atoms with Gasteiger partial charge < -0.3 is 15.0 Å². The number of aromatic nitrogens is 2. The Morgan fingerprint density at radius 1 is 1.30 bits per heavy atom. The van der Waals surface area contributed by atoms with Crippen LogP contribution in [0.3, 0.4) is 0 Å². The number of amides is 2. The van der Waals surface area contributed by atoms with Crippen LogP contribution >= 0.6 is 11.6 Å². The first-order valence-corrected chi connectivity index (χ1v) is 7.22. The first kappa shape index (κ1) is 15.3. The van der Waals surface area contributed by atoms with Crippen LogP contribution in [0.5, 0.6) is 0 Å². The standard InChI is InChI=1S/C15H13ClN4O3/c16-10-2-1-3-11(14(10)19-5-4-17-9-19)18-12-8-13(22)20(6-7-21)15(12)23/h1-5,8-9,18,21H,6-7H2. The first-order valence-electron chi connectivity index (χ1n) is 6.84. The number of hydrogen-bond acceptors (Lipinski definition) is 5. The van der Waals surface area contributed by atoms with Crippen LogP contribution < -0.4 is 5.32 Å². The molecule has 0 unspecified atom stereocenters. The molecule has 2 N–H and O–H groups in total. The minimum absolute atomic E-state index is 0.0384. The smallest absolute Gasteiger partial charge is 0.277 e. The number of benzene rings is 1. The Morgan fingerprint density at radius 2 is 2.13 bits per heavy atom. The minimum Gasteiger partial charge on any atom is -0.395 e. The molecule has 118 valence electrons. The Balaban J connectivity index is 1.93. The van der Waals surface area contributed by atoms with Crippen LogP contribution in [0.15, 0.2) is 48.7 Å². The van der Waals surface area contributed by atoms with Gasteiger partial charge in [-0.25, -0.2) is 4.98 Å². The van der Waals surface area contributed by atoms with Crippen molar-refractivity contribution >= 4 is 29.1 Å². The highest BCUT2D eigenvalue weighted by molar-refractivity contribution is 6.33. The number of rotatable bonds is 5. The highest BCUT2D eigenvalue weighted by atomic mass is 35.5. The van der Waals surface area contributed by atoms with Gasteiger partial charge in [0.2, 0.25) is 0 Å². The normalized spacial score (nSPS) is 14.3. The average molecular weight is 333 g/mol. The van der Waals surface area contributed by atoms with Crippen LogP contribution in [-0.4, -0.2) is 44.5 Å². The number of anilines is 1. The van der Waals surface area contributed by atoms with E-state index in [9.17, 15) is 9.59 Å². The van der Waals surface area contributed by atoms with Crippen molar-refractivity contribution in [1.82, 2.24) is 14.5 Å². The van der Waals surface area contributed by atoms with E-state index in [1.807, 2.05) is 0 Å². The number of aliphatic hydroxyl groups is 1. The topological polar surface area (TPSA) is 87.5 Å². The maximum Gasteiger partial charge on any atom is 0.277 e. The van der Waals surface area contributed by atoms with E-state index < -0.39 is 11.8 Å². The fourth-order valence-corrected chi connectivity index (χ4v) is 2.60. The van der Waals surface area contributed by atoms with Crippen molar-refractivity contribution in [2.45, 2.75) is 0 Å². The summed E-state index contributed by atoms with van der Waals surface area (Å²) in [6, 6.07) is 5.20. The van der Waals surface area contributed by atoms with E-state index in [-0.39, 0.29) is 18.8 Å². The molecular formula is C15H13ClN4O3. The van der Waals surface area contributed by atoms with Crippen molar-refractivity contribution in [3.63, 3.8) is 0 Å². The van der Waals surface area contributed by atoms with E-state index in [0.29, 0.717) is 16.4 Å². The second kappa shape index (κ2) is 6.23. The van der Waals surface area contributed by atoms with Crippen LogP contribution in [-0.2, 0) is 9.59 Å². The third-order valence-electron chi connectivity index (χ3n) is 3.35. The maximum atomic E-state index is 12.2. The molecule has 0 aliphatic carbocycles. The molecule has 0 atom stereocenters. The fourth-order valence-electron chi connectivity index (χ4n) is 2.32. The zero-order valence-electron chi connectivity index (χ0n) is 11.9. The summed E-state index contributed by atoms with van der Waals surface area (Å²) in [7, 11) is 0. The van der Waals surface area contributed by atoms with Crippen LogP contribution in [0.25, 0.3) is 5.69 Å². The van der Waals surface area contributed by atoms with E-state index in [0.717, 1.165) is 4.90 Å². The van der Waals surface area contributed by atoms with Gasteiger partial charge in [-0.15, -0.1) is 0 Å². The van der Waals surface area contributed by atoms with Gasteiger partial charge in [0.05, 0.1) is 35.9 Å². The molecule has 3 rings (SSSR count). The second-order valence-electron chi connectivity index (χ2n) is 4.81. The summed E-state index contributed by atoms with van der Waals surface area (Å²) >= 11 is 6.25. The van der Waals surface area contributed by atoms with Gasteiger partial charge in [-0.1, -0.05) is 17.7 Å². The molecule has 23 heavy (non-hydrogen) atoms. The number of hydrogen-bond donors (Lipinski definition) is 2. The third-order valence-corrected chi connectivity index (χ3v) is 3.66. The molecule has 0 saturated carbocycles. The summed E-state index contributed by atoms with van der Waals surface area (Å²) in [5.74, 6) is -0.946. The summed E-state index contributed by atoms with van der Waals surface area (Å²) in [4.78, 5) is 29.0. The number of carbonyl (C=O) groups excluding carboxylic acids is 2. The number of imide groups is 1. The number of imidazole rings is 1. The van der Waals surface area contributed by atoms with E-state index in [1.165, 1.54) is 6.08 Å². The number of nitrogens with one attached hydrogen (secondary N) is 1. The Hall–Kier alpha value is -2.64. The molecule has 1 aliphatic heterocycles. The van der Waals surface area contributed by atoms with E-state index in [1.54, 1.807) is 41.5 Å². The summed E-state index contributed by atoms with van der Waals surface area (Å²) in [5, 5.41) is 12.3. The maximum absolute atomic E-state index is 12.2. The van der Waals surface area contributed by atoms with E-state index in [4.69, 9.17) is 16.7 Å². The number of para-hydroxylation sites is 1. The average Bonchev–Trinajstić information content (AvgIpc) is 3.12. The van der Waals surface area contributed by atoms with Crippen LogP contribution in [0.2, 0.25) is 5.02 Å². The number of carbonyl (C=O) groups is 2. The lowest BCUT2D eigenvalue weighted by molar-refractivity contribution is -0.137. The molecule has 1 aromatic carbocycles. The monoisotopic (exact) mass is 332 g/mol. The molecule has 8 heteroatoms. The molecule has 0 fully saturated rings. The lowest BCUT2D eigenvalue weighted by atomic mass is 10.2. The molecule has 1 aromatic heterocycles. The molecule has 0 spiro atoms. The summed E-state index contributed by atoms with van der Waals surface area (Å²) < 4.78 is 1.71. The number of β-amino-alcohol motifs (C(OH)–C–C–N with tert-alkyl or cyclic N) is 1. The zero-order chi connectivity index (χ0) is 16.4. The fraction of sp³-hybridized carbons (Fsp3) is 0.133. The molecule has 7 nitrogen and oxygen atoms in total. The Morgan fingerprint density at radius 3 is 2.83 bits per heavy atom. The van der Waals surface area contributed by atoms with Gasteiger partial charge in [-0.2, -0.15) is 0 Å². The van der Waals surface area contributed by atoms with Crippen molar-refractivity contribution in [3.8, 4) is 5.69 Å². The minimum atomic E-state index is -0.486. The van der Waals surface area contributed by atoms with Crippen LogP contribution in [0.1, 0.15) is 0 Å². The van der Waals surface area contributed by atoms with Gasteiger partial charge in [-0.05, 0) is 12.1 Å². The Kier molecular flexibility index (Phi) is 4.14. The summed E-state index contributed by atoms with van der Waals surface area (Å²) in [6.45, 7) is -0.320. The summed E-state index contributed by atoms with van der Waals surface area (Å²) in [6.07, 6.45) is 6.12. The zero-order valence-corrected chi connectivity index (χ0v) is 12.7. The molecule has 0 saturated heterocycles. The number of aliphatic hydroxyl groups excluding tert-OH is 1. The van der Waals surface area contributed by atoms with Crippen molar-refractivity contribution in [2.75, 3.05) is 18.5 Å². The largest absolute Gasteiger partial charge is 0.395 e. The van der Waals surface area contributed by atoms with Crippen molar-refractivity contribution in [2.24, 2.45) is 0 Å². The van der Waals surface area contributed by atoms with Gasteiger partial charge in [0.15, 0.2) is 0 Å². The van der Waals surface area contributed by atoms with Gasteiger partial charge >= 0.3 is 0 Å². The van der Waals surface area contributed by atoms with Crippen LogP contribution in [0.4, 0.5) is 5.69 Å². The highest BCUT2D eigenvalue weighted by Crippen LogP contribution is 2.30. The van der Waals surface area contributed by atoms with Crippen molar-refractivity contribution < 1.29 is 14.7 Å². The SMILES string of the molecule is O=C1C=C(Nc2cccc(Cl)c2-n2ccnc2)C(=O)N1CCO.